The third-order valence-corrected chi connectivity index (χ3v) is 2.71. The SMILES string of the molecule is Fc1c(C(F)(F)F)ccc2cc(Br)ccc12. The Kier molecular flexibility index (Phi) is 2.66. The van der Waals surface area contributed by atoms with Gasteiger partial charge in [-0.2, -0.15) is 13.2 Å². The number of fused-ring (bicyclic) bond motifs is 1. The zero-order valence-electron chi connectivity index (χ0n) is 7.78. The van der Waals surface area contributed by atoms with E-state index < -0.39 is 17.6 Å². The molecule has 0 bridgehead atoms. The van der Waals surface area contributed by atoms with E-state index >= 15 is 0 Å². The lowest BCUT2D eigenvalue weighted by Gasteiger charge is -2.09. The number of hydrogen-bond donors (Lipinski definition) is 0. The van der Waals surface area contributed by atoms with Crippen LogP contribution in [0.25, 0.3) is 10.8 Å². The molecule has 0 amide bonds. The molecule has 0 unspecified atom stereocenters. The zero-order valence-corrected chi connectivity index (χ0v) is 9.36. The van der Waals surface area contributed by atoms with E-state index in [0.717, 1.165) is 6.07 Å². The molecule has 84 valence electrons. The van der Waals surface area contributed by atoms with Crippen LogP contribution in [0.5, 0.6) is 0 Å². The van der Waals surface area contributed by atoms with Crippen molar-refractivity contribution >= 4 is 26.7 Å². The largest absolute Gasteiger partial charge is 0.419 e. The van der Waals surface area contributed by atoms with Crippen molar-refractivity contribution in [2.24, 2.45) is 0 Å². The summed E-state index contributed by atoms with van der Waals surface area (Å²) < 4.78 is 51.5. The average Bonchev–Trinajstić information content (AvgIpc) is 2.15. The maximum atomic E-state index is 13.6. The van der Waals surface area contributed by atoms with E-state index in [4.69, 9.17) is 0 Å². The van der Waals surface area contributed by atoms with Gasteiger partial charge in [0.25, 0.3) is 0 Å². The Morgan fingerprint density at radius 3 is 2.31 bits per heavy atom. The van der Waals surface area contributed by atoms with Crippen molar-refractivity contribution < 1.29 is 17.6 Å². The second kappa shape index (κ2) is 3.73. The molecule has 0 nitrogen and oxygen atoms in total. The first-order chi connectivity index (χ1) is 7.39. The van der Waals surface area contributed by atoms with E-state index in [9.17, 15) is 17.6 Å². The molecule has 2 aromatic rings. The van der Waals surface area contributed by atoms with Crippen LogP contribution < -0.4 is 0 Å². The van der Waals surface area contributed by atoms with Crippen molar-refractivity contribution in [2.75, 3.05) is 0 Å². The summed E-state index contributed by atoms with van der Waals surface area (Å²) in [6, 6.07) is 6.41. The minimum absolute atomic E-state index is 0.0296. The minimum Gasteiger partial charge on any atom is -0.206 e. The van der Waals surface area contributed by atoms with Gasteiger partial charge < -0.3 is 0 Å². The Labute approximate surface area is 97.0 Å². The molecule has 0 aliphatic carbocycles. The molecule has 0 fully saturated rings. The van der Waals surface area contributed by atoms with Gasteiger partial charge in [-0.3, -0.25) is 0 Å². The fraction of sp³-hybridized carbons (Fsp3) is 0.0909. The van der Waals surface area contributed by atoms with Crippen LogP contribution in [0.2, 0.25) is 0 Å². The van der Waals surface area contributed by atoms with Crippen molar-refractivity contribution in [3.05, 3.63) is 46.2 Å². The van der Waals surface area contributed by atoms with E-state index in [0.29, 0.717) is 9.86 Å². The smallest absolute Gasteiger partial charge is 0.206 e. The number of alkyl halides is 3. The van der Waals surface area contributed by atoms with Gasteiger partial charge in [-0.1, -0.05) is 28.1 Å². The zero-order chi connectivity index (χ0) is 11.9. The Morgan fingerprint density at radius 2 is 1.69 bits per heavy atom. The van der Waals surface area contributed by atoms with E-state index in [1.165, 1.54) is 18.2 Å². The van der Waals surface area contributed by atoms with Gasteiger partial charge in [0.05, 0.1) is 5.56 Å². The molecule has 0 N–H and O–H groups in total. The lowest BCUT2D eigenvalue weighted by Crippen LogP contribution is -2.08. The second-order valence-electron chi connectivity index (χ2n) is 3.29. The Morgan fingerprint density at radius 1 is 1.00 bits per heavy atom. The molecule has 16 heavy (non-hydrogen) atoms. The molecule has 2 aromatic carbocycles. The summed E-state index contributed by atoms with van der Waals surface area (Å²) >= 11 is 3.17. The standard InChI is InChI=1S/C11H5BrF4/c12-7-2-3-8-6(5-7)1-4-9(10(8)13)11(14,15)16/h1-5H. The highest BCUT2D eigenvalue weighted by Gasteiger charge is 2.34. The number of rotatable bonds is 0. The molecule has 0 aliphatic heterocycles. The fourth-order valence-electron chi connectivity index (χ4n) is 1.48. The van der Waals surface area contributed by atoms with Crippen molar-refractivity contribution in [3.63, 3.8) is 0 Å². The van der Waals surface area contributed by atoms with Gasteiger partial charge in [0.15, 0.2) is 0 Å². The summed E-state index contributed by atoms with van der Waals surface area (Å²) in [6.07, 6.45) is -4.66. The number of halogens is 5. The molecule has 0 aromatic heterocycles. The third-order valence-electron chi connectivity index (χ3n) is 2.22. The highest BCUT2D eigenvalue weighted by atomic mass is 79.9. The predicted molar refractivity (Wildman–Crippen MR) is 56.6 cm³/mol. The molecule has 0 radical (unpaired) electrons. The fourth-order valence-corrected chi connectivity index (χ4v) is 1.86. The summed E-state index contributed by atoms with van der Waals surface area (Å²) in [5.74, 6) is -1.22. The maximum Gasteiger partial charge on any atom is 0.419 e. The molecule has 2 rings (SSSR count). The molecule has 0 atom stereocenters. The van der Waals surface area contributed by atoms with E-state index in [-0.39, 0.29) is 5.39 Å². The van der Waals surface area contributed by atoms with Crippen molar-refractivity contribution in [2.45, 2.75) is 6.18 Å². The predicted octanol–water partition coefficient (Wildman–Crippen LogP) is 4.76. The molecular weight excluding hydrogens is 288 g/mol. The molecule has 0 aliphatic rings. The summed E-state index contributed by atoms with van der Waals surface area (Å²) in [5, 5.41) is 0.401. The van der Waals surface area contributed by atoms with Crippen LogP contribution in [0.1, 0.15) is 5.56 Å². The van der Waals surface area contributed by atoms with Crippen LogP contribution in [0.4, 0.5) is 17.6 Å². The van der Waals surface area contributed by atoms with E-state index in [1.807, 2.05) is 0 Å². The van der Waals surface area contributed by atoms with Gasteiger partial charge in [0.2, 0.25) is 0 Å². The Bertz CT molecular complexity index is 545. The van der Waals surface area contributed by atoms with Crippen LogP contribution in [-0.2, 0) is 6.18 Å². The monoisotopic (exact) mass is 292 g/mol. The van der Waals surface area contributed by atoms with Gasteiger partial charge in [0.1, 0.15) is 5.82 Å². The maximum absolute atomic E-state index is 13.6. The quantitative estimate of drug-likeness (QED) is 0.614. The lowest BCUT2D eigenvalue weighted by atomic mass is 10.1. The number of hydrogen-bond acceptors (Lipinski definition) is 0. The van der Waals surface area contributed by atoms with Gasteiger partial charge in [-0.15, -0.1) is 0 Å². The molecule has 0 saturated heterocycles. The average molecular weight is 293 g/mol. The third kappa shape index (κ3) is 1.91. The normalized spacial score (nSPS) is 12.1. The van der Waals surface area contributed by atoms with Gasteiger partial charge in [0, 0.05) is 9.86 Å². The highest BCUT2D eigenvalue weighted by Crippen LogP contribution is 2.34. The summed E-state index contributed by atoms with van der Waals surface area (Å²) in [7, 11) is 0. The van der Waals surface area contributed by atoms with E-state index in [1.54, 1.807) is 6.07 Å². The Balaban J connectivity index is 2.75. The minimum atomic E-state index is -4.66. The molecule has 0 heterocycles. The molecule has 5 heteroatoms. The van der Waals surface area contributed by atoms with Gasteiger partial charge in [-0.05, 0) is 23.6 Å². The Hall–Kier alpha value is -1.10. The van der Waals surface area contributed by atoms with E-state index in [2.05, 4.69) is 15.9 Å². The number of benzene rings is 2. The van der Waals surface area contributed by atoms with Gasteiger partial charge >= 0.3 is 6.18 Å². The lowest BCUT2D eigenvalue weighted by molar-refractivity contribution is -0.139. The molecule has 0 saturated carbocycles. The van der Waals surface area contributed by atoms with Crippen LogP contribution in [-0.4, -0.2) is 0 Å². The van der Waals surface area contributed by atoms with Crippen LogP contribution in [0.15, 0.2) is 34.8 Å². The van der Waals surface area contributed by atoms with Crippen molar-refractivity contribution in [1.29, 1.82) is 0 Å². The molecule has 0 spiro atoms. The highest BCUT2D eigenvalue weighted by molar-refractivity contribution is 9.10. The first-order valence-electron chi connectivity index (χ1n) is 4.34. The van der Waals surface area contributed by atoms with Crippen LogP contribution in [0.3, 0.4) is 0 Å². The van der Waals surface area contributed by atoms with Crippen LogP contribution >= 0.6 is 15.9 Å². The summed E-state index contributed by atoms with van der Waals surface area (Å²) in [5.41, 5.74) is -1.23. The van der Waals surface area contributed by atoms with Gasteiger partial charge in [-0.25, -0.2) is 4.39 Å². The van der Waals surface area contributed by atoms with Crippen molar-refractivity contribution in [3.8, 4) is 0 Å². The van der Waals surface area contributed by atoms with Crippen LogP contribution in [0, 0.1) is 5.82 Å². The topological polar surface area (TPSA) is 0 Å². The summed E-state index contributed by atoms with van der Waals surface area (Å²) in [6.45, 7) is 0. The summed E-state index contributed by atoms with van der Waals surface area (Å²) in [4.78, 5) is 0. The van der Waals surface area contributed by atoms with Crippen molar-refractivity contribution in [1.82, 2.24) is 0 Å². The molecular formula is C11H5BrF4. The first kappa shape index (κ1) is 11.4. The second-order valence-corrected chi connectivity index (χ2v) is 4.21. The first-order valence-corrected chi connectivity index (χ1v) is 5.14.